The van der Waals surface area contributed by atoms with E-state index in [0.717, 1.165) is 26.1 Å². The number of benzene rings is 2. The Bertz CT molecular complexity index is 556. The second-order valence-electron chi connectivity index (χ2n) is 5.86. The Labute approximate surface area is 132 Å². The van der Waals surface area contributed by atoms with Crippen LogP contribution in [-0.4, -0.2) is 28.9 Å². The normalized spacial score (nSPS) is 14.8. The SMILES string of the molecule is O=C1CCCN1CN(Cc1ccccc1)Cc1ccccc1. The molecule has 0 radical (unpaired) electrons. The number of carbonyl (C=O) groups excluding carboxylic acids is 1. The zero-order chi connectivity index (χ0) is 15.2. The largest absolute Gasteiger partial charge is 0.330 e. The predicted molar refractivity (Wildman–Crippen MR) is 87.9 cm³/mol. The lowest BCUT2D eigenvalue weighted by atomic mass is 10.2. The summed E-state index contributed by atoms with van der Waals surface area (Å²) in [5.74, 6) is 0.283. The maximum atomic E-state index is 11.9. The molecule has 114 valence electrons. The number of likely N-dealkylation sites (tertiary alicyclic amines) is 1. The maximum absolute atomic E-state index is 11.9. The standard InChI is InChI=1S/C19H22N2O/c22-19-12-7-13-21(19)16-20(14-17-8-3-1-4-9-17)15-18-10-5-2-6-11-18/h1-6,8-11H,7,12-16H2. The van der Waals surface area contributed by atoms with Crippen molar-refractivity contribution in [1.82, 2.24) is 9.80 Å². The fourth-order valence-corrected chi connectivity index (χ4v) is 2.93. The Hall–Kier alpha value is -2.13. The first kappa shape index (κ1) is 14.8. The minimum absolute atomic E-state index is 0.283. The molecule has 3 rings (SSSR count). The van der Waals surface area contributed by atoms with Crippen molar-refractivity contribution in [2.45, 2.75) is 25.9 Å². The van der Waals surface area contributed by atoms with Crippen LogP contribution in [0.3, 0.4) is 0 Å². The highest BCUT2D eigenvalue weighted by Gasteiger charge is 2.22. The van der Waals surface area contributed by atoms with Crippen molar-refractivity contribution in [2.75, 3.05) is 13.2 Å². The molecule has 3 nitrogen and oxygen atoms in total. The summed E-state index contributed by atoms with van der Waals surface area (Å²) in [6.07, 6.45) is 1.69. The van der Waals surface area contributed by atoms with Gasteiger partial charge in [-0.15, -0.1) is 0 Å². The van der Waals surface area contributed by atoms with Gasteiger partial charge in [0.05, 0.1) is 6.67 Å². The van der Waals surface area contributed by atoms with Gasteiger partial charge >= 0.3 is 0 Å². The second-order valence-corrected chi connectivity index (χ2v) is 5.86. The van der Waals surface area contributed by atoms with E-state index in [1.165, 1.54) is 11.1 Å². The first-order chi connectivity index (χ1) is 10.8. The highest BCUT2D eigenvalue weighted by atomic mass is 16.2. The Morgan fingerprint density at radius 3 is 1.86 bits per heavy atom. The Balaban J connectivity index is 1.71. The Kier molecular flexibility index (Phi) is 4.86. The van der Waals surface area contributed by atoms with Crippen LogP contribution >= 0.6 is 0 Å². The van der Waals surface area contributed by atoms with Crippen LogP contribution in [0.5, 0.6) is 0 Å². The van der Waals surface area contributed by atoms with Crippen LogP contribution < -0.4 is 0 Å². The van der Waals surface area contributed by atoms with Crippen LogP contribution in [0.4, 0.5) is 0 Å². The van der Waals surface area contributed by atoms with E-state index in [4.69, 9.17) is 0 Å². The highest BCUT2D eigenvalue weighted by Crippen LogP contribution is 2.15. The molecule has 0 saturated carbocycles. The van der Waals surface area contributed by atoms with Gasteiger partial charge in [0, 0.05) is 26.1 Å². The van der Waals surface area contributed by atoms with Gasteiger partial charge in [0.2, 0.25) is 5.91 Å². The molecule has 0 N–H and O–H groups in total. The zero-order valence-corrected chi connectivity index (χ0v) is 12.8. The number of hydrogen-bond acceptors (Lipinski definition) is 2. The summed E-state index contributed by atoms with van der Waals surface area (Å²) < 4.78 is 0. The summed E-state index contributed by atoms with van der Waals surface area (Å²) >= 11 is 0. The molecule has 22 heavy (non-hydrogen) atoms. The van der Waals surface area contributed by atoms with Gasteiger partial charge in [-0.05, 0) is 17.5 Å². The second kappa shape index (κ2) is 7.23. The van der Waals surface area contributed by atoms with Crippen molar-refractivity contribution < 1.29 is 4.79 Å². The number of rotatable bonds is 6. The Morgan fingerprint density at radius 2 is 1.41 bits per heavy atom. The minimum Gasteiger partial charge on any atom is -0.330 e. The van der Waals surface area contributed by atoms with Crippen molar-refractivity contribution in [3.05, 3.63) is 71.8 Å². The van der Waals surface area contributed by atoms with E-state index in [9.17, 15) is 4.79 Å². The van der Waals surface area contributed by atoms with E-state index in [-0.39, 0.29) is 5.91 Å². The van der Waals surface area contributed by atoms with E-state index >= 15 is 0 Å². The quantitative estimate of drug-likeness (QED) is 0.816. The number of nitrogens with zero attached hydrogens (tertiary/aromatic N) is 2. The molecule has 0 spiro atoms. The minimum atomic E-state index is 0.283. The van der Waals surface area contributed by atoms with Gasteiger partial charge in [-0.3, -0.25) is 9.69 Å². The molecule has 1 heterocycles. The molecule has 0 atom stereocenters. The third-order valence-electron chi connectivity index (χ3n) is 4.04. The summed E-state index contributed by atoms with van der Waals surface area (Å²) in [6.45, 7) is 3.32. The summed E-state index contributed by atoms with van der Waals surface area (Å²) in [7, 11) is 0. The van der Waals surface area contributed by atoms with Gasteiger partial charge in [0.15, 0.2) is 0 Å². The molecular weight excluding hydrogens is 272 g/mol. The molecule has 0 bridgehead atoms. The van der Waals surface area contributed by atoms with E-state index in [0.29, 0.717) is 13.1 Å². The lowest BCUT2D eigenvalue weighted by Crippen LogP contribution is -2.37. The zero-order valence-electron chi connectivity index (χ0n) is 12.8. The van der Waals surface area contributed by atoms with Crippen molar-refractivity contribution in [2.24, 2.45) is 0 Å². The Morgan fingerprint density at radius 1 is 0.864 bits per heavy atom. The summed E-state index contributed by atoms with van der Waals surface area (Å²) in [5.41, 5.74) is 2.56. The van der Waals surface area contributed by atoms with Crippen LogP contribution in [0.2, 0.25) is 0 Å². The van der Waals surface area contributed by atoms with Crippen molar-refractivity contribution >= 4 is 5.91 Å². The van der Waals surface area contributed by atoms with Crippen LogP contribution in [-0.2, 0) is 17.9 Å². The van der Waals surface area contributed by atoms with E-state index in [2.05, 4.69) is 53.4 Å². The van der Waals surface area contributed by atoms with Gasteiger partial charge in [-0.25, -0.2) is 0 Å². The van der Waals surface area contributed by atoms with E-state index < -0.39 is 0 Å². The van der Waals surface area contributed by atoms with Crippen LogP contribution in [0, 0.1) is 0 Å². The molecule has 0 unspecified atom stereocenters. The third-order valence-corrected chi connectivity index (χ3v) is 4.04. The van der Waals surface area contributed by atoms with Gasteiger partial charge in [0.1, 0.15) is 0 Å². The molecule has 2 aromatic carbocycles. The monoisotopic (exact) mass is 294 g/mol. The van der Waals surface area contributed by atoms with Crippen LogP contribution in [0.1, 0.15) is 24.0 Å². The van der Waals surface area contributed by atoms with E-state index in [1.54, 1.807) is 0 Å². The fourth-order valence-electron chi connectivity index (χ4n) is 2.93. The average molecular weight is 294 g/mol. The number of amides is 1. The van der Waals surface area contributed by atoms with E-state index in [1.807, 2.05) is 17.0 Å². The van der Waals surface area contributed by atoms with Crippen LogP contribution in [0.25, 0.3) is 0 Å². The first-order valence-electron chi connectivity index (χ1n) is 7.89. The van der Waals surface area contributed by atoms with Gasteiger partial charge < -0.3 is 4.90 Å². The molecule has 3 heteroatoms. The molecular formula is C19H22N2O. The molecule has 1 aliphatic heterocycles. The molecule has 2 aromatic rings. The maximum Gasteiger partial charge on any atom is 0.223 e. The summed E-state index contributed by atoms with van der Waals surface area (Å²) in [5, 5.41) is 0. The van der Waals surface area contributed by atoms with Gasteiger partial charge in [-0.1, -0.05) is 60.7 Å². The van der Waals surface area contributed by atoms with Crippen molar-refractivity contribution in [3.8, 4) is 0 Å². The van der Waals surface area contributed by atoms with Crippen molar-refractivity contribution in [1.29, 1.82) is 0 Å². The lowest BCUT2D eigenvalue weighted by Gasteiger charge is -2.28. The molecule has 1 saturated heterocycles. The molecule has 0 aliphatic carbocycles. The van der Waals surface area contributed by atoms with Gasteiger partial charge in [0.25, 0.3) is 0 Å². The fraction of sp³-hybridized carbons (Fsp3) is 0.316. The van der Waals surface area contributed by atoms with Gasteiger partial charge in [-0.2, -0.15) is 0 Å². The molecule has 1 amide bonds. The smallest absolute Gasteiger partial charge is 0.223 e. The number of carbonyl (C=O) groups is 1. The molecule has 0 aromatic heterocycles. The number of hydrogen-bond donors (Lipinski definition) is 0. The van der Waals surface area contributed by atoms with Crippen molar-refractivity contribution in [3.63, 3.8) is 0 Å². The summed E-state index contributed by atoms with van der Waals surface area (Å²) in [6, 6.07) is 20.9. The highest BCUT2D eigenvalue weighted by molar-refractivity contribution is 5.77. The predicted octanol–water partition coefficient (Wildman–Crippen LogP) is 3.27. The lowest BCUT2D eigenvalue weighted by molar-refractivity contribution is -0.129. The molecule has 1 fully saturated rings. The molecule has 1 aliphatic rings. The topological polar surface area (TPSA) is 23.6 Å². The average Bonchev–Trinajstić information content (AvgIpc) is 2.94. The van der Waals surface area contributed by atoms with Crippen LogP contribution in [0.15, 0.2) is 60.7 Å². The summed E-state index contributed by atoms with van der Waals surface area (Å²) in [4.78, 5) is 16.2. The first-order valence-corrected chi connectivity index (χ1v) is 7.89. The third kappa shape index (κ3) is 3.95.